The quantitative estimate of drug-likeness (QED) is 0.659. The molecule has 2 aromatic carbocycles. The highest BCUT2D eigenvalue weighted by Crippen LogP contribution is 2.19. The Kier molecular flexibility index (Phi) is 5.27. The summed E-state index contributed by atoms with van der Waals surface area (Å²) in [5.74, 6) is -1.92. The Morgan fingerprint density at radius 2 is 1.92 bits per heavy atom. The Morgan fingerprint density at radius 3 is 2.58 bits per heavy atom. The SMILES string of the molecule is CCn1c(=NC(=O)CS(=O)(=O)c2ccc(Cl)cc2)sc2cc(F)ccc21. The Morgan fingerprint density at radius 1 is 1.23 bits per heavy atom. The fourth-order valence-corrected chi connectivity index (χ4v) is 4.83. The van der Waals surface area contributed by atoms with Gasteiger partial charge in [-0.3, -0.25) is 4.79 Å². The molecular weight excluding hydrogens is 399 g/mol. The molecule has 0 N–H and O–H groups in total. The number of hydrogen-bond donors (Lipinski definition) is 0. The molecule has 1 aromatic heterocycles. The number of fused-ring (bicyclic) bond motifs is 1. The van der Waals surface area contributed by atoms with Gasteiger partial charge in [0.2, 0.25) is 0 Å². The standard InChI is InChI=1S/C17H14ClFN2O3S2/c1-2-21-14-8-5-12(19)9-15(14)25-17(21)20-16(22)10-26(23,24)13-6-3-11(18)4-7-13/h3-9H,2,10H2,1H3. The summed E-state index contributed by atoms with van der Waals surface area (Å²) in [6.45, 7) is 2.38. The fourth-order valence-electron chi connectivity index (χ4n) is 2.46. The van der Waals surface area contributed by atoms with E-state index in [9.17, 15) is 17.6 Å². The van der Waals surface area contributed by atoms with Gasteiger partial charge in [0.1, 0.15) is 11.6 Å². The number of sulfone groups is 1. The van der Waals surface area contributed by atoms with Gasteiger partial charge < -0.3 is 4.57 Å². The summed E-state index contributed by atoms with van der Waals surface area (Å²) in [5, 5.41) is 0.404. The Balaban J connectivity index is 1.96. The molecule has 136 valence electrons. The van der Waals surface area contributed by atoms with Gasteiger partial charge in [-0.1, -0.05) is 22.9 Å². The molecule has 3 rings (SSSR count). The number of nitrogens with zero attached hydrogens (tertiary/aromatic N) is 2. The second-order valence-electron chi connectivity index (χ2n) is 5.46. The fraction of sp³-hybridized carbons (Fsp3) is 0.176. The minimum absolute atomic E-state index is 0.00669. The van der Waals surface area contributed by atoms with Crippen molar-refractivity contribution in [2.45, 2.75) is 18.4 Å². The van der Waals surface area contributed by atoms with Crippen LogP contribution >= 0.6 is 22.9 Å². The van der Waals surface area contributed by atoms with Gasteiger partial charge in [-0.05, 0) is 49.4 Å². The summed E-state index contributed by atoms with van der Waals surface area (Å²) >= 11 is 6.89. The van der Waals surface area contributed by atoms with Crippen LogP contribution in [0, 0.1) is 5.82 Å². The van der Waals surface area contributed by atoms with Crippen molar-refractivity contribution in [3.8, 4) is 0 Å². The van der Waals surface area contributed by atoms with E-state index in [4.69, 9.17) is 11.6 Å². The second-order valence-corrected chi connectivity index (χ2v) is 8.89. The lowest BCUT2D eigenvalue weighted by molar-refractivity contribution is -0.115. The zero-order chi connectivity index (χ0) is 18.9. The van der Waals surface area contributed by atoms with Crippen molar-refractivity contribution in [1.29, 1.82) is 0 Å². The molecule has 26 heavy (non-hydrogen) atoms. The van der Waals surface area contributed by atoms with Crippen molar-refractivity contribution in [3.05, 3.63) is 58.1 Å². The first-order valence-corrected chi connectivity index (χ1v) is 10.5. The normalized spacial score (nSPS) is 12.7. The van der Waals surface area contributed by atoms with Crippen LogP contribution in [0.5, 0.6) is 0 Å². The number of rotatable bonds is 4. The first-order valence-electron chi connectivity index (χ1n) is 7.65. The monoisotopic (exact) mass is 412 g/mol. The minimum Gasteiger partial charge on any atom is -0.317 e. The molecule has 0 unspecified atom stereocenters. The predicted molar refractivity (Wildman–Crippen MR) is 99.5 cm³/mol. The van der Waals surface area contributed by atoms with E-state index in [0.29, 0.717) is 21.1 Å². The van der Waals surface area contributed by atoms with Gasteiger partial charge >= 0.3 is 0 Å². The number of benzene rings is 2. The topological polar surface area (TPSA) is 68.5 Å². The largest absolute Gasteiger partial charge is 0.317 e. The number of thiazole rings is 1. The number of carbonyl (C=O) groups excluding carboxylic acids is 1. The number of amides is 1. The molecule has 1 heterocycles. The average Bonchev–Trinajstić information content (AvgIpc) is 2.90. The molecular formula is C17H14ClFN2O3S2. The van der Waals surface area contributed by atoms with Gasteiger partial charge in [0, 0.05) is 11.6 Å². The molecule has 0 spiro atoms. The van der Waals surface area contributed by atoms with Gasteiger partial charge in [0.15, 0.2) is 14.6 Å². The molecule has 0 bridgehead atoms. The summed E-state index contributed by atoms with van der Waals surface area (Å²) in [5.41, 5.74) is 0.742. The summed E-state index contributed by atoms with van der Waals surface area (Å²) < 4.78 is 40.5. The predicted octanol–water partition coefficient (Wildman–Crippen LogP) is 3.42. The third-order valence-corrected chi connectivity index (χ3v) is 6.58. The zero-order valence-corrected chi connectivity index (χ0v) is 16.0. The molecule has 0 atom stereocenters. The Hall–Kier alpha value is -2.03. The van der Waals surface area contributed by atoms with Crippen molar-refractivity contribution in [1.82, 2.24) is 4.57 Å². The van der Waals surface area contributed by atoms with Crippen LogP contribution in [0.3, 0.4) is 0 Å². The average molecular weight is 413 g/mol. The van der Waals surface area contributed by atoms with Crippen LogP contribution in [0.1, 0.15) is 6.92 Å². The molecule has 0 saturated heterocycles. The zero-order valence-electron chi connectivity index (χ0n) is 13.6. The van der Waals surface area contributed by atoms with E-state index in [-0.39, 0.29) is 10.7 Å². The van der Waals surface area contributed by atoms with Crippen molar-refractivity contribution in [3.63, 3.8) is 0 Å². The van der Waals surface area contributed by atoms with Crippen LogP contribution in [0.25, 0.3) is 10.2 Å². The Labute approximate surface area is 158 Å². The first kappa shape index (κ1) is 18.8. The molecule has 0 aliphatic carbocycles. The number of aromatic nitrogens is 1. The van der Waals surface area contributed by atoms with E-state index >= 15 is 0 Å². The number of halogens is 2. The van der Waals surface area contributed by atoms with Gasteiger partial charge in [-0.2, -0.15) is 4.99 Å². The molecule has 0 aliphatic heterocycles. The maximum atomic E-state index is 13.4. The van der Waals surface area contributed by atoms with E-state index in [1.54, 1.807) is 10.6 Å². The van der Waals surface area contributed by atoms with Crippen LogP contribution < -0.4 is 4.80 Å². The van der Waals surface area contributed by atoms with Gasteiger partial charge in [0.25, 0.3) is 5.91 Å². The van der Waals surface area contributed by atoms with Gasteiger partial charge in [0.05, 0.1) is 15.1 Å². The highest BCUT2D eigenvalue weighted by molar-refractivity contribution is 7.92. The summed E-state index contributed by atoms with van der Waals surface area (Å²) in [7, 11) is -3.82. The second kappa shape index (κ2) is 7.30. The highest BCUT2D eigenvalue weighted by Gasteiger charge is 2.19. The summed E-state index contributed by atoms with van der Waals surface area (Å²) in [6.07, 6.45) is 0. The molecule has 9 heteroatoms. The minimum atomic E-state index is -3.82. The number of carbonyl (C=O) groups is 1. The van der Waals surface area contributed by atoms with Crippen molar-refractivity contribution < 1.29 is 17.6 Å². The first-order chi connectivity index (χ1) is 12.3. The maximum absolute atomic E-state index is 13.4. The molecule has 0 saturated carbocycles. The van der Waals surface area contributed by atoms with Crippen LogP contribution in [0.2, 0.25) is 5.02 Å². The molecule has 0 fully saturated rings. The molecule has 0 aliphatic rings. The molecule has 3 aromatic rings. The van der Waals surface area contributed by atoms with E-state index in [2.05, 4.69) is 4.99 Å². The van der Waals surface area contributed by atoms with Crippen molar-refractivity contribution in [2.75, 3.05) is 5.75 Å². The lowest BCUT2D eigenvalue weighted by Crippen LogP contribution is -2.20. The maximum Gasteiger partial charge on any atom is 0.263 e. The summed E-state index contributed by atoms with van der Waals surface area (Å²) in [6, 6.07) is 9.89. The summed E-state index contributed by atoms with van der Waals surface area (Å²) in [4.78, 5) is 16.5. The van der Waals surface area contributed by atoms with Crippen molar-refractivity contribution in [2.24, 2.45) is 4.99 Å². The van der Waals surface area contributed by atoms with E-state index in [1.165, 1.54) is 36.4 Å². The molecule has 5 nitrogen and oxygen atoms in total. The third kappa shape index (κ3) is 3.87. The van der Waals surface area contributed by atoms with Crippen LogP contribution in [-0.2, 0) is 21.2 Å². The van der Waals surface area contributed by atoms with Crippen LogP contribution in [0.15, 0.2) is 52.4 Å². The number of aryl methyl sites for hydroxylation is 1. The van der Waals surface area contributed by atoms with E-state index in [0.717, 1.165) is 16.9 Å². The number of hydrogen-bond acceptors (Lipinski definition) is 4. The lowest BCUT2D eigenvalue weighted by Gasteiger charge is -2.02. The highest BCUT2D eigenvalue weighted by atomic mass is 35.5. The third-order valence-electron chi connectivity index (χ3n) is 3.67. The van der Waals surface area contributed by atoms with Crippen LogP contribution in [0.4, 0.5) is 4.39 Å². The van der Waals surface area contributed by atoms with E-state index < -0.39 is 21.5 Å². The van der Waals surface area contributed by atoms with Crippen molar-refractivity contribution >= 4 is 48.9 Å². The lowest BCUT2D eigenvalue weighted by atomic mass is 10.3. The smallest absolute Gasteiger partial charge is 0.263 e. The van der Waals surface area contributed by atoms with Crippen LogP contribution in [-0.4, -0.2) is 24.6 Å². The Bertz CT molecular complexity index is 1150. The van der Waals surface area contributed by atoms with Gasteiger partial charge in [-0.15, -0.1) is 0 Å². The molecule has 1 amide bonds. The molecule has 0 radical (unpaired) electrons. The van der Waals surface area contributed by atoms with Gasteiger partial charge in [-0.25, -0.2) is 12.8 Å². The van der Waals surface area contributed by atoms with E-state index in [1.807, 2.05) is 6.92 Å².